The zero-order valence-electron chi connectivity index (χ0n) is 15.2. The van der Waals surface area contributed by atoms with Gasteiger partial charge in [-0.15, -0.1) is 12.1 Å². The van der Waals surface area contributed by atoms with E-state index in [1.54, 1.807) is 10.9 Å². The number of hydrogen-bond acceptors (Lipinski definition) is 4. The van der Waals surface area contributed by atoms with Gasteiger partial charge in [0.1, 0.15) is 0 Å². The summed E-state index contributed by atoms with van der Waals surface area (Å²) in [7, 11) is 0. The van der Waals surface area contributed by atoms with Crippen LogP contribution < -0.4 is 0 Å². The first-order chi connectivity index (χ1) is 13.0. The Balaban J connectivity index is 0.00000225. The number of rotatable bonds is 4. The second-order valence-electron chi connectivity index (χ2n) is 6.54. The van der Waals surface area contributed by atoms with Crippen molar-refractivity contribution in [3.8, 4) is 17.2 Å². The van der Waals surface area contributed by atoms with Gasteiger partial charge in [-0.3, -0.25) is 19.6 Å². The van der Waals surface area contributed by atoms with Crippen molar-refractivity contribution in [2.45, 2.75) is 19.3 Å². The van der Waals surface area contributed by atoms with Gasteiger partial charge in [0.2, 0.25) is 0 Å². The van der Waals surface area contributed by atoms with Crippen molar-refractivity contribution in [2.75, 3.05) is 0 Å². The average molecular weight is 552 g/mol. The summed E-state index contributed by atoms with van der Waals surface area (Å²) in [4.78, 5) is 12.6. The largest absolute Gasteiger partial charge is 2.00 e. The maximum Gasteiger partial charge on any atom is 2.00 e. The number of benzene rings is 1. The summed E-state index contributed by atoms with van der Waals surface area (Å²) in [6.07, 6.45) is 3.54. The van der Waals surface area contributed by atoms with Gasteiger partial charge < -0.3 is 0 Å². The minimum Gasteiger partial charge on any atom is -0.299 e. The molecule has 0 N–H and O–H groups in total. The van der Waals surface area contributed by atoms with Gasteiger partial charge in [-0.2, -0.15) is 41.5 Å². The van der Waals surface area contributed by atoms with Gasteiger partial charge in [-0.1, -0.05) is 0 Å². The van der Waals surface area contributed by atoms with Gasteiger partial charge in [0.05, 0.1) is 11.5 Å². The minimum absolute atomic E-state index is 0. The van der Waals surface area contributed by atoms with Crippen molar-refractivity contribution < 1.29 is 25.5 Å². The maximum atomic E-state index is 13.4. The smallest absolute Gasteiger partial charge is 0.299 e. The summed E-state index contributed by atoms with van der Waals surface area (Å²) in [5, 5.41) is 4.69. The van der Waals surface area contributed by atoms with Crippen molar-refractivity contribution in [1.82, 2.24) is 24.7 Å². The van der Waals surface area contributed by atoms with Crippen LogP contribution in [0.4, 0.5) is 4.39 Å². The Morgan fingerprint density at radius 1 is 0.964 bits per heavy atom. The van der Waals surface area contributed by atoms with Gasteiger partial charge in [-0.25, -0.2) is 4.39 Å². The molecule has 28 heavy (non-hydrogen) atoms. The average Bonchev–Trinajstić information content (AvgIpc) is 3.20. The summed E-state index contributed by atoms with van der Waals surface area (Å²) in [6, 6.07) is 20.2. The second kappa shape index (κ2) is 8.11. The molecular weight excluding hydrogens is 536 g/mol. The molecule has 0 radical (unpaired) electrons. The fraction of sp³-hybridized carbons (Fsp3) is 0.143. The van der Waals surface area contributed by atoms with Crippen molar-refractivity contribution in [3.63, 3.8) is 0 Å². The Morgan fingerprint density at radius 3 is 2.57 bits per heavy atom. The molecule has 0 saturated heterocycles. The Kier molecular flexibility index (Phi) is 5.80. The molecule has 142 valence electrons. The van der Waals surface area contributed by atoms with Crippen molar-refractivity contribution in [3.05, 3.63) is 90.4 Å². The van der Waals surface area contributed by atoms with Crippen LogP contribution >= 0.6 is 0 Å². The molecule has 0 atom stereocenters. The number of nitrogens with zero attached hydrogens (tertiary/aromatic N) is 5. The molecule has 0 saturated carbocycles. The van der Waals surface area contributed by atoms with E-state index in [0.717, 1.165) is 17.1 Å². The predicted octanol–water partition coefficient (Wildman–Crippen LogP) is 3.79. The molecule has 4 aromatic rings. The molecule has 3 aromatic heterocycles. The van der Waals surface area contributed by atoms with Gasteiger partial charge in [0, 0.05) is 23.5 Å². The number of aromatic nitrogens is 5. The first-order valence-electron chi connectivity index (χ1n) is 8.45. The molecule has 7 heteroatoms. The van der Waals surface area contributed by atoms with Crippen LogP contribution in [0.1, 0.15) is 25.2 Å². The number of para-hydroxylation sites is 1. The fourth-order valence-corrected chi connectivity index (χ4v) is 2.75. The summed E-state index contributed by atoms with van der Waals surface area (Å²) in [5.41, 5.74) is 2.26. The Morgan fingerprint density at radius 2 is 1.82 bits per heavy atom. The predicted molar refractivity (Wildman–Crippen MR) is 98.6 cm³/mol. The summed E-state index contributed by atoms with van der Waals surface area (Å²) in [6.45, 7) is 4.06. The summed E-state index contributed by atoms with van der Waals surface area (Å²) < 4.78 is 15.2. The van der Waals surface area contributed by atoms with Crippen molar-refractivity contribution in [1.29, 1.82) is 0 Å². The maximum absolute atomic E-state index is 13.4. The third-order valence-corrected chi connectivity index (χ3v) is 4.34. The molecule has 4 rings (SSSR count). The van der Waals surface area contributed by atoms with E-state index in [1.165, 1.54) is 12.1 Å². The Labute approximate surface area is 177 Å². The molecule has 0 bridgehead atoms. The van der Waals surface area contributed by atoms with E-state index in [-0.39, 0.29) is 26.8 Å². The number of hydrogen-bond donors (Lipinski definition) is 0. The van der Waals surface area contributed by atoms with E-state index < -0.39 is 11.4 Å². The van der Waals surface area contributed by atoms with Gasteiger partial charge in [0.15, 0.2) is 5.95 Å². The van der Waals surface area contributed by atoms with Gasteiger partial charge in [0.25, 0.3) is 0 Å². The van der Waals surface area contributed by atoms with Crippen LogP contribution in [0.25, 0.3) is 17.2 Å². The minimum atomic E-state index is -0.588. The summed E-state index contributed by atoms with van der Waals surface area (Å²) in [5.74, 6) is -0.259. The molecule has 0 fully saturated rings. The van der Waals surface area contributed by atoms with Crippen LogP contribution in [0.2, 0.25) is 0 Å². The molecule has 0 spiro atoms. The molecule has 0 aliphatic heterocycles. The molecule has 0 unspecified atom stereocenters. The first-order valence-corrected chi connectivity index (χ1v) is 8.45. The van der Waals surface area contributed by atoms with Gasteiger partial charge >= 0.3 is 21.1 Å². The molecule has 1 aromatic carbocycles. The molecule has 0 aliphatic rings. The normalized spacial score (nSPS) is 11.1. The standard InChI is InChI=1S/C21H16FN5.Pt/c1-21(2,18-12-14-27(26-18)15-7-4-3-5-8-15)17-11-13-23-20(25-17)16-9-6-10-19(22)24-16;/h3-7,10-14H,1-2H3;/q-2;+2. The Bertz CT molecular complexity index is 1080. The van der Waals surface area contributed by atoms with Crippen LogP contribution in [-0.4, -0.2) is 24.7 Å². The topological polar surface area (TPSA) is 56.5 Å². The van der Waals surface area contributed by atoms with Crippen LogP contribution in [-0.2, 0) is 26.5 Å². The molecule has 0 aliphatic carbocycles. The zero-order valence-corrected chi connectivity index (χ0v) is 17.5. The molecule has 0 amide bonds. The molecule has 3 heterocycles. The zero-order chi connectivity index (χ0) is 18.9. The molecule has 5 nitrogen and oxygen atoms in total. The van der Waals surface area contributed by atoms with E-state index in [4.69, 9.17) is 0 Å². The summed E-state index contributed by atoms with van der Waals surface area (Å²) >= 11 is 0. The third-order valence-electron chi connectivity index (χ3n) is 4.34. The van der Waals surface area contributed by atoms with Crippen LogP contribution in [0.5, 0.6) is 0 Å². The monoisotopic (exact) mass is 552 g/mol. The van der Waals surface area contributed by atoms with E-state index in [1.807, 2.05) is 56.4 Å². The van der Waals surface area contributed by atoms with E-state index in [0.29, 0.717) is 5.82 Å². The SMILES string of the molecule is CC(C)(c1ccnc(-c2[c-]ccc(F)n2)n1)c1ccn(-c2[c-]cccc2)n1.[Pt+2]. The Hall–Kier alpha value is -2.72. The van der Waals surface area contributed by atoms with Crippen LogP contribution in [0.15, 0.2) is 60.9 Å². The van der Waals surface area contributed by atoms with E-state index >= 15 is 0 Å². The van der Waals surface area contributed by atoms with Crippen LogP contribution in [0, 0.1) is 18.1 Å². The van der Waals surface area contributed by atoms with Crippen molar-refractivity contribution >= 4 is 0 Å². The third kappa shape index (κ3) is 3.92. The van der Waals surface area contributed by atoms with E-state index in [9.17, 15) is 4.39 Å². The van der Waals surface area contributed by atoms with E-state index in [2.05, 4.69) is 32.2 Å². The fourth-order valence-electron chi connectivity index (χ4n) is 2.75. The first kappa shape index (κ1) is 20.0. The van der Waals surface area contributed by atoms with Crippen molar-refractivity contribution in [2.24, 2.45) is 0 Å². The second-order valence-corrected chi connectivity index (χ2v) is 6.54. The number of halogens is 1. The quantitative estimate of drug-likeness (QED) is 0.286. The number of pyridine rings is 1. The van der Waals surface area contributed by atoms with Crippen LogP contribution in [0.3, 0.4) is 0 Å². The molecular formula is C21H16FN5Pt. The van der Waals surface area contributed by atoms with Gasteiger partial charge in [-0.05, 0) is 37.4 Å².